The third-order valence-electron chi connectivity index (χ3n) is 2.92. The first kappa shape index (κ1) is 15.1. The van der Waals surface area contributed by atoms with Crippen LogP contribution >= 0.6 is 15.9 Å². The Hall–Kier alpha value is -1.33. The summed E-state index contributed by atoms with van der Waals surface area (Å²) < 4.78 is 18.4. The number of nitrogen functional groups attached to an aromatic ring is 1. The third kappa shape index (κ3) is 3.41. The normalized spacial score (nSPS) is 12.2. The number of nitrogens with two attached hydrogens (primary N) is 1. The van der Waals surface area contributed by atoms with Gasteiger partial charge in [0.2, 0.25) is 0 Å². The lowest BCUT2D eigenvalue weighted by atomic mass is 10.2. The lowest BCUT2D eigenvalue weighted by molar-refractivity contribution is 0.412. The average molecular weight is 354 g/mol. The molecule has 0 bridgehead atoms. The Kier molecular flexibility index (Phi) is 4.83. The van der Waals surface area contributed by atoms with Crippen LogP contribution in [0.15, 0.2) is 45.8 Å². The minimum absolute atomic E-state index is 0.426. The van der Waals surface area contributed by atoms with Gasteiger partial charge < -0.3 is 10.5 Å². The van der Waals surface area contributed by atoms with Crippen LogP contribution in [0.2, 0.25) is 0 Å². The molecule has 5 heteroatoms. The summed E-state index contributed by atoms with van der Waals surface area (Å²) >= 11 is 3.43. The van der Waals surface area contributed by atoms with Crippen LogP contribution in [0, 0.1) is 6.92 Å². The number of anilines is 1. The smallest absolute Gasteiger partial charge is 0.133 e. The molecule has 0 spiro atoms. The molecule has 0 aliphatic rings. The third-order valence-corrected chi connectivity index (χ3v) is 5.00. The van der Waals surface area contributed by atoms with Crippen molar-refractivity contribution in [2.24, 2.45) is 0 Å². The monoisotopic (exact) mass is 353 g/mol. The molecule has 0 radical (unpaired) electrons. The molecule has 1 atom stereocenters. The van der Waals surface area contributed by atoms with E-state index in [1.807, 2.05) is 43.3 Å². The van der Waals surface area contributed by atoms with Crippen LogP contribution in [0.4, 0.5) is 5.69 Å². The van der Waals surface area contributed by atoms with E-state index in [0.29, 0.717) is 16.3 Å². The molecule has 0 saturated heterocycles. The number of rotatable bonds is 4. The van der Waals surface area contributed by atoms with Crippen molar-refractivity contribution in [2.75, 3.05) is 12.8 Å². The Labute approximate surface area is 129 Å². The maximum atomic E-state index is 12.4. The van der Waals surface area contributed by atoms with E-state index in [1.54, 1.807) is 7.11 Å². The maximum Gasteiger partial charge on any atom is 0.133 e. The summed E-state index contributed by atoms with van der Waals surface area (Å²) in [6, 6.07) is 11.3. The van der Waals surface area contributed by atoms with Crippen molar-refractivity contribution in [3.05, 3.63) is 52.0 Å². The number of methoxy groups -OCH3 is 1. The fourth-order valence-electron chi connectivity index (χ4n) is 1.90. The molecule has 2 aromatic carbocycles. The summed E-state index contributed by atoms with van der Waals surface area (Å²) in [4.78, 5) is 0.683. The Morgan fingerprint density at radius 2 is 2.00 bits per heavy atom. The molecule has 0 aromatic heterocycles. The van der Waals surface area contributed by atoms with Crippen LogP contribution in [0.1, 0.15) is 11.1 Å². The predicted octanol–water partition coefficient (Wildman–Crippen LogP) is 3.66. The number of hydrogen-bond acceptors (Lipinski definition) is 3. The molecule has 0 saturated carbocycles. The molecule has 0 aliphatic heterocycles. The van der Waals surface area contributed by atoms with E-state index >= 15 is 0 Å². The summed E-state index contributed by atoms with van der Waals surface area (Å²) in [5.41, 5.74) is 8.54. The molecule has 2 N–H and O–H groups in total. The van der Waals surface area contributed by atoms with Gasteiger partial charge in [0, 0.05) is 5.69 Å². The lowest BCUT2D eigenvalue weighted by Crippen LogP contribution is -2.01. The molecule has 0 heterocycles. The van der Waals surface area contributed by atoms with Gasteiger partial charge in [-0.25, -0.2) is 0 Å². The standard InChI is InChI=1S/C15H16BrNO2S/c1-10-3-6-15(13(17)7-10)20(18)9-11-4-5-14(19-2)12(16)8-11/h3-8H,9,17H2,1-2H3. The highest BCUT2D eigenvalue weighted by atomic mass is 79.9. The van der Waals surface area contributed by atoms with E-state index in [-0.39, 0.29) is 0 Å². The molecule has 1 unspecified atom stereocenters. The van der Waals surface area contributed by atoms with Crippen molar-refractivity contribution < 1.29 is 8.95 Å². The molecule has 20 heavy (non-hydrogen) atoms. The van der Waals surface area contributed by atoms with Crippen LogP contribution in [0.5, 0.6) is 5.75 Å². The van der Waals surface area contributed by atoms with Crippen molar-refractivity contribution in [3.8, 4) is 5.75 Å². The quantitative estimate of drug-likeness (QED) is 0.853. The van der Waals surface area contributed by atoms with Gasteiger partial charge in [0.25, 0.3) is 0 Å². The van der Waals surface area contributed by atoms with Crippen molar-refractivity contribution in [1.29, 1.82) is 0 Å². The van der Waals surface area contributed by atoms with E-state index in [0.717, 1.165) is 21.3 Å². The first-order chi connectivity index (χ1) is 9.51. The van der Waals surface area contributed by atoms with Gasteiger partial charge in [0.05, 0.1) is 33.0 Å². The highest BCUT2D eigenvalue weighted by molar-refractivity contribution is 9.10. The van der Waals surface area contributed by atoms with Crippen molar-refractivity contribution in [2.45, 2.75) is 17.6 Å². The Morgan fingerprint density at radius 3 is 2.60 bits per heavy atom. The first-order valence-electron chi connectivity index (χ1n) is 6.08. The predicted molar refractivity (Wildman–Crippen MR) is 86.4 cm³/mol. The molecule has 2 aromatic rings. The first-order valence-corrected chi connectivity index (χ1v) is 8.19. The largest absolute Gasteiger partial charge is 0.496 e. The molecule has 0 fully saturated rings. The topological polar surface area (TPSA) is 52.3 Å². The highest BCUT2D eigenvalue weighted by Gasteiger charge is 2.10. The second-order valence-electron chi connectivity index (χ2n) is 4.50. The van der Waals surface area contributed by atoms with Crippen molar-refractivity contribution >= 4 is 32.4 Å². The van der Waals surface area contributed by atoms with Gasteiger partial charge in [-0.05, 0) is 58.2 Å². The zero-order valence-corrected chi connectivity index (χ0v) is 13.8. The van der Waals surface area contributed by atoms with Gasteiger partial charge in [-0.15, -0.1) is 0 Å². The number of benzene rings is 2. The van der Waals surface area contributed by atoms with Crippen LogP contribution in [-0.4, -0.2) is 11.3 Å². The molecule has 0 amide bonds. The molecule has 2 rings (SSSR count). The number of hydrogen-bond donors (Lipinski definition) is 1. The van der Waals surface area contributed by atoms with Crippen LogP contribution in [-0.2, 0) is 16.6 Å². The van der Waals surface area contributed by atoms with Crippen LogP contribution in [0.3, 0.4) is 0 Å². The average Bonchev–Trinajstić information content (AvgIpc) is 2.38. The maximum absolute atomic E-state index is 12.4. The Morgan fingerprint density at radius 1 is 1.25 bits per heavy atom. The summed E-state index contributed by atoms with van der Waals surface area (Å²) in [7, 11) is 0.458. The van der Waals surface area contributed by atoms with E-state index in [2.05, 4.69) is 15.9 Å². The van der Waals surface area contributed by atoms with E-state index < -0.39 is 10.8 Å². The zero-order valence-electron chi connectivity index (χ0n) is 11.4. The molecule has 3 nitrogen and oxygen atoms in total. The number of ether oxygens (including phenoxy) is 1. The molecule has 0 aliphatic carbocycles. The summed E-state index contributed by atoms with van der Waals surface area (Å²) in [5.74, 6) is 1.19. The van der Waals surface area contributed by atoms with Crippen molar-refractivity contribution in [1.82, 2.24) is 0 Å². The van der Waals surface area contributed by atoms with E-state index in [9.17, 15) is 4.21 Å². The summed E-state index contributed by atoms with van der Waals surface area (Å²) in [5, 5.41) is 0. The van der Waals surface area contributed by atoms with E-state index in [1.165, 1.54) is 0 Å². The second kappa shape index (κ2) is 6.41. The van der Waals surface area contributed by atoms with Gasteiger partial charge in [-0.1, -0.05) is 12.1 Å². The van der Waals surface area contributed by atoms with Gasteiger partial charge >= 0.3 is 0 Å². The number of halogens is 1. The molecule has 106 valence electrons. The minimum atomic E-state index is -1.16. The fourth-order valence-corrected chi connectivity index (χ4v) is 3.67. The lowest BCUT2D eigenvalue weighted by Gasteiger charge is -2.08. The Balaban J connectivity index is 2.21. The van der Waals surface area contributed by atoms with E-state index in [4.69, 9.17) is 10.5 Å². The van der Waals surface area contributed by atoms with Gasteiger partial charge in [-0.3, -0.25) is 4.21 Å². The van der Waals surface area contributed by atoms with Crippen LogP contribution < -0.4 is 10.5 Å². The second-order valence-corrected chi connectivity index (χ2v) is 6.77. The number of aryl methyl sites for hydroxylation is 1. The summed E-state index contributed by atoms with van der Waals surface area (Å²) in [6.45, 7) is 1.96. The highest BCUT2D eigenvalue weighted by Crippen LogP contribution is 2.27. The van der Waals surface area contributed by atoms with Gasteiger partial charge in [0.15, 0.2) is 0 Å². The van der Waals surface area contributed by atoms with Crippen LogP contribution in [0.25, 0.3) is 0 Å². The molecular formula is C15H16BrNO2S. The SMILES string of the molecule is COc1ccc(CS(=O)c2ccc(C)cc2N)cc1Br. The Bertz CT molecular complexity index is 658. The minimum Gasteiger partial charge on any atom is -0.496 e. The molecular weight excluding hydrogens is 338 g/mol. The summed E-state index contributed by atoms with van der Waals surface area (Å²) in [6.07, 6.45) is 0. The zero-order chi connectivity index (χ0) is 14.7. The fraction of sp³-hybridized carbons (Fsp3) is 0.200. The van der Waals surface area contributed by atoms with Crippen molar-refractivity contribution in [3.63, 3.8) is 0 Å². The van der Waals surface area contributed by atoms with Gasteiger partial charge in [-0.2, -0.15) is 0 Å². The van der Waals surface area contributed by atoms with Gasteiger partial charge in [0.1, 0.15) is 5.75 Å².